The molecule has 4 aromatic heterocycles. The number of H-pyrrole nitrogens is 1. The van der Waals surface area contributed by atoms with Gasteiger partial charge in [0.1, 0.15) is 16.2 Å². The molecular formula is C28H37N5O2S. The lowest BCUT2D eigenvalue weighted by atomic mass is 9.78. The number of aromatic amines is 1. The number of pyridine rings is 2. The van der Waals surface area contributed by atoms with Gasteiger partial charge in [0.2, 0.25) is 0 Å². The maximum absolute atomic E-state index is 11.4. The fraction of sp³-hybridized carbons (Fsp3) is 0.536. The van der Waals surface area contributed by atoms with Gasteiger partial charge in [0.25, 0.3) is 0 Å². The van der Waals surface area contributed by atoms with Crippen LogP contribution in [0.1, 0.15) is 86.6 Å². The van der Waals surface area contributed by atoms with Crippen LogP contribution in [0.2, 0.25) is 0 Å². The smallest absolute Gasteiger partial charge is 0.158 e. The van der Waals surface area contributed by atoms with E-state index in [0.29, 0.717) is 23.5 Å². The summed E-state index contributed by atoms with van der Waals surface area (Å²) in [5.41, 5.74) is 10.1. The van der Waals surface area contributed by atoms with Gasteiger partial charge in [-0.1, -0.05) is 13.8 Å². The van der Waals surface area contributed by atoms with E-state index < -0.39 is 9.84 Å². The van der Waals surface area contributed by atoms with Gasteiger partial charge in [0.15, 0.2) is 5.65 Å². The molecule has 0 aromatic carbocycles. The fourth-order valence-electron chi connectivity index (χ4n) is 5.94. The Morgan fingerprint density at radius 1 is 1.11 bits per heavy atom. The molecule has 0 aliphatic heterocycles. The van der Waals surface area contributed by atoms with Crippen LogP contribution in [-0.2, 0) is 9.84 Å². The Morgan fingerprint density at radius 2 is 1.86 bits per heavy atom. The zero-order chi connectivity index (χ0) is 25.6. The van der Waals surface area contributed by atoms with Crippen molar-refractivity contribution in [2.45, 2.75) is 78.1 Å². The minimum Gasteiger partial charge on any atom is -0.353 e. The monoisotopic (exact) mass is 507 g/mol. The zero-order valence-electron chi connectivity index (χ0n) is 22.0. The highest BCUT2D eigenvalue weighted by Crippen LogP contribution is 2.40. The molecular weight excluding hydrogens is 470 g/mol. The van der Waals surface area contributed by atoms with Crippen LogP contribution in [0.15, 0.2) is 24.7 Å². The molecule has 8 heteroatoms. The lowest BCUT2D eigenvalue weighted by Gasteiger charge is -2.28. The van der Waals surface area contributed by atoms with Crippen molar-refractivity contribution in [1.29, 1.82) is 0 Å². The van der Waals surface area contributed by atoms with Crippen molar-refractivity contribution in [2.75, 3.05) is 12.0 Å². The van der Waals surface area contributed by atoms with Crippen LogP contribution >= 0.6 is 0 Å². The summed E-state index contributed by atoms with van der Waals surface area (Å²) in [6.45, 7) is 8.73. The molecule has 0 radical (unpaired) electrons. The van der Waals surface area contributed by atoms with Crippen LogP contribution in [0.4, 0.5) is 0 Å². The minimum atomic E-state index is -2.86. The van der Waals surface area contributed by atoms with Gasteiger partial charge in [-0.05, 0) is 87.5 Å². The van der Waals surface area contributed by atoms with Gasteiger partial charge in [-0.15, -0.1) is 0 Å². The summed E-state index contributed by atoms with van der Waals surface area (Å²) < 4.78 is 24.8. The second-order valence-electron chi connectivity index (χ2n) is 11.0. The van der Waals surface area contributed by atoms with E-state index in [1.54, 1.807) is 6.33 Å². The molecule has 36 heavy (non-hydrogen) atoms. The topological polar surface area (TPSA) is 93.0 Å². The lowest BCUT2D eigenvalue weighted by molar-refractivity contribution is 0.306. The molecule has 5 rings (SSSR count). The molecule has 0 bridgehead atoms. The summed E-state index contributed by atoms with van der Waals surface area (Å²) in [6, 6.07) is 4.39. The molecule has 0 atom stereocenters. The van der Waals surface area contributed by atoms with E-state index in [1.807, 2.05) is 4.52 Å². The number of aryl methyl sites for hydroxylation is 1. The number of aromatic nitrogens is 5. The van der Waals surface area contributed by atoms with Crippen LogP contribution in [0, 0.1) is 19.8 Å². The van der Waals surface area contributed by atoms with Gasteiger partial charge in [-0.2, -0.15) is 5.10 Å². The normalized spacial score (nSPS) is 19.1. The molecule has 1 fully saturated rings. The maximum atomic E-state index is 11.4. The van der Waals surface area contributed by atoms with E-state index in [2.05, 4.69) is 61.1 Å². The number of hydrogen-bond acceptors (Lipinski definition) is 5. The highest BCUT2D eigenvalue weighted by atomic mass is 32.2. The summed E-state index contributed by atoms with van der Waals surface area (Å²) in [6.07, 6.45) is 11.4. The predicted octanol–water partition coefficient (Wildman–Crippen LogP) is 6.11. The Hall–Kier alpha value is -2.74. The third-order valence-corrected chi connectivity index (χ3v) is 9.10. The zero-order valence-corrected chi connectivity index (χ0v) is 22.8. The first-order valence-corrected chi connectivity index (χ1v) is 15.2. The average Bonchev–Trinajstić information content (AvgIpc) is 3.45. The van der Waals surface area contributed by atoms with E-state index >= 15 is 0 Å². The van der Waals surface area contributed by atoms with Crippen molar-refractivity contribution in [3.05, 3.63) is 47.0 Å². The Bertz CT molecular complexity index is 1510. The first kappa shape index (κ1) is 24.9. The summed E-state index contributed by atoms with van der Waals surface area (Å²) in [5, 5.41) is 4.39. The molecule has 192 valence electrons. The number of nitrogens with one attached hydrogen (secondary N) is 1. The first-order chi connectivity index (χ1) is 17.1. The van der Waals surface area contributed by atoms with E-state index in [1.165, 1.54) is 23.1 Å². The van der Waals surface area contributed by atoms with Crippen LogP contribution in [0.25, 0.3) is 27.9 Å². The van der Waals surface area contributed by atoms with E-state index in [0.717, 1.165) is 72.0 Å². The number of sulfone groups is 1. The Labute approximate surface area is 213 Å². The highest BCUT2D eigenvalue weighted by molar-refractivity contribution is 7.90. The Balaban J connectivity index is 1.43. The summed E-state index contributed by atoms with van der Waals surface area (Å²) in [5.74, 6) is 1.72. The second-order valence-corrected chi connectivity index (χ2v) is 13.3. The molecule has 4 heterocycles. The molecule has 4 aromatic rings. The van der Waals surface area contributed by atoms with E-state index in [4.69, 9.17) is 4.98 Å². The van der Waals surface area contributed by atoms with Crippen molar-refractivity contribution < 1.29 is 8.42 Å². The van der Waals surface area contributed by atoms with Crippen molar-refractivity contribution in [1.82, 2.24) is 24.6 Å². The predicted molar refractivity (Wildman–Crippen MR) is 145 cm³/mol. The van der Waals surface area contributed by atoms with Crippen LogP contribution in [0.5, 0.6) is 0 Å². The van der Waals surface area contributed by atoms with Crippen molar-refractivity contribution in [2.24, 2.45) is 5.92 Å². The molecule has 0 spiro atoms. The third-order valence-electron chi connectivity index (χ3n) is 8.07. The quantitative estimate of drug-likeness (QED) is 0.326. The maximum Gasteiger partial charge on any atom is 0.158 e. The molecule has 7 nitrogen and oxygen atoms in total. The molecule has 1 aliphatic carbocycles. The van der Waals surface area contributed by atoms with Gasteiger partial charge in [-0.3, -0.25) is 4.98 Å². The van der Waals surface area contributed by atoms with E-state index in [9.17, 15) is 8.42 Å². The number of rotatable bonds is 7. The number of hydrogen-bond donors (Lipinski definition) is 1. The molecule has 1 N–H and O–H groups in total. The molecule has 0 unspecified atom stereocenters. The first-order valence-electron chi connectivity index (χ1n) is 13.1. The number of nitrogens with zero attached hydrogens (tertiary/aromatic N) is 4. The van der Waals surface area contributed by atoms with Gasteiger partial charge in [0.05, 0.1) is 16.7 Å². The third kappa shape index (κ3) is 4.80. The Morgan fingerprint density at radius 3 is 2.56 bits per heavy atom. The molecule has 1 aliphatic rings. The van der Waals surface area contributed by atoms with Gasteiger partial charge in [-0.25, -0.2) is 17.9 Å². The molecule has 1 saturated carbocycles. The minimum absolute atomic E-state index is 0.307. The van der Waals surface area contributed by atoms with Gasteiger partial charge in [0, 0.05) is 40.9 Å². The van der Waals surface area contributed by atoms with Crippen molar-refractivity contribution in [3.8, 4) is 11.3 Å². The van der Waals surface area contributed by atoms with Crippen molar-refractivity contribution in [3.63, 3.8) is 0 Å². The number of fused-ring (bicyclic) bond motifs is 2. The second kappa shape index (κ2) is 9.61. The van der Waals surface area contributed by atoms with Gasteiger partial charge >= 0.3 is 0 Å². The largest absolute Gasteiger partial charge is 0.353 e. The average molecular weight is 508 g/mol. The summed E-state index contributed by atoms with van der Waals surface area (Å²) in [7, 11) is -2.86. The fourth-order valence-corrected chi connectivity index (χ4v) is 6.63. The summed E-state index contributed by atoms with van der Waals surface area (Å²) in [4.78, 5) is 13.3. The van der Waals surface area contributed by atoms with Gasteiger partial charge < -0.3 is 4.98 Å². The Kier molecular flexibility index (Phi) is 6.66. The highest BCUT2D eigenvalue weighted by Gasteiger charge is 2.26. The standard InChI is InChI=1S/C28H37N5O2S/c1-17(2)25-26(22-15-33-28(29-16-30-33)19(4)18(22)3)32-24-13-12-23(31-27(24)25)21-10-8-20(9-11-21)7-6-14-36(5,34)35/h12-13,15-17,20-21,32H,6-11,14H2,1-5H3. The summed E-state index contributed by atoms with van der Waals surface area (Å²) >= 11 is 0. The lowest BCUT2D eigenvalue weighted by Crippen LogP contribution is -2.15. The van der Waals surface area contributed by atoms with Crippen molar-refractivity contribution >= 4 is 26.5 Å². The van der Waals surface area contributed by atoms with E-state index in [-0.39, 0.29) is 0 Å². The molecule has 0 amide bonds. The van der Waals surface area contributed by atoms with Crippen LogP contribution in [-0.4, -0.2) is 45.0 Å². The molecule has 0 saturated heterocycles. The van der Waals surface area contributed by atoms with Crippen LogP contribution in [0.3, 0.4) is 0 Å². The van der Waals surface area contributed by atoms with Crippen LogP contribution < -0.4 is 0 Å². The SMILES string of the molecule is Cc1c(-c2[nH]c3ccc(C4CCC(CCCS(C)(=O)=O)CC4)nc3c2C(C)C)cn2ncnc2c1C.